The summed E-state index contributed by atoms with van der Waals surface area (Å²) in [4.78, 5) is 79.0. The maximum atomic E-state index is 14.1. The molecule has 762 valence electrons. The van der Waals surface area contributed by atoms with Gasteiger partial charge < -0.3 is 199 Å². The van der Waals surface area contributed by atoms with E-state index in [1.54, 1.807) is 13.8 Å². The summed E-state index contributed by atoms with van der Waals surface area (Å²) in [5.74, 6) is -1.62. The van der Waals surface area contributed by atoms with Crippen molar-refractivity contribution in [3.63, 3.8) is 0 Å². The second-order valence-corrected chi connectivity index (χ2v) is 35.1. The average Bonchev–Trinajstić information content (AvgIpc) is 1.59. The van der Waals surface area contributed by atoms with Crippen molar-refractivity contribution in [2.24, 2.45) is 23.7 Å². The van der Waals surface area contributed by atoms with Crippen LogP contribution in [0.25, 0.3) is 0 Å². The van der Waals surface area contributed by atoms with Crippen LogP contribution in [0.15, 0.2) is 12.7 Å². The average molecular weight is 1920 g/mol. The van der Waals surface area contributed by atoms with Crippen LogP contribution in [-0.2, 0) is 122 Å². The molecule has 23 fully saturated rings. The van der Waals surface area contributed by atoms with E-state index in [2.05, 4.69) is 50.4 Å². The molecule has 22 N–H and O–H groups in total. The third kappa shape index (κ3) is 29.3. The number of hydrogen-bond donors (Lipinski definition) is 22. The molecule has 37 atom stereocenters. The number of aliphatic hydroxyl groups is 17. The van der Waals surface area contributed by atoms with Crippen molar-refractivity contribution in [2.45, 2.75) is 333 Å². The first-order chi connectivity index (χ1) is 63.8. The molecule has 34 unspecified atom stereocenters. The monoisotopic (exact) mass is 1920 g/mol. The van der Waals surface area contributed by atoms with Gasteiger partial charge in [0.1, 0.15) is 177 Å². The molecule has 22 aliphatic heterocycles. The third-order valence-electron chi connectivity index (χ3n) is 25.3. The van der Waals surface area contributed by atoms with Crippen molar-refractivity contribution in [3.05, 3.63) is 24.0 Å². The van der Waals surface area contributed by atoms with Crippen LogP contribution in [0.3, 0.4) is 0 Å². The maximum Gasteiger partial charge on any atom is 0.407 e. The van der Waals surface area contributed by atoms with Gasteiger partial charge >= 0.3 is 6.09 Å². The molecule has 1 aromatic heterocycles. The molecule has 22 saturated heterocycles. The topological polar surface area (TPSA) is 703 Å². The summed E-state index contributed by atoms with van der Waals surface area (Å²) < 4.78 is 107. The highest BCUT2D eigenvalue weighted by Crippen LogP contribution is 2.52. The molecule has 49 heteroatoms. The highest BCUT2D eigenvalue weighted by Gasteiger charge is 2.60. The molecule has 5 amide bonds. The first kappa shape index (κ1) is 109. The quantitative estimate of drug-likeness (QED) is 0.0213. The molecule has 2 aliphatic carbocycles. The first-order valence-corrected chi connectivity index (χ1v) is 45.9. The van der Waals surface area contributed by atoms with Crippen molar-refractivity contribution >= 4 is 35.5 Å². The number of Topliss-reactive ketones (excluding diaryl/α,β-unsaturated/α-hetero) is 1. The SMILES string of the molecule is C=CCCC1C(CCC)C1COC(=O)NCCOCCOCCOCCOCCC(=O)N[C@H](CCCCNC(=O)COC1CCCCCc2c1nnn2CC1OC2OC3C(CO)OC(OC4C(CO)OC(OC5C(CO)OC(OC6C(CO)OC(OC7C(CO)OC(OC1C(O)C2O)C(O)C7O)C(O)C6O)C(O)C5O)C(O)C4O)C(O)C3O)C(=O)N[C@H](C(=O)N[C@@H](C)C(C)=O)C(C)C. The summed E-state index contributed by atoms with van der Waals surface area (Å²) in [7, 11) is 0. The fraction of sp³-hybridized carbons (Fsp3) is 0.881. The van der Waals surface area contributed by atoms with Crippen LogP contribution in [0.4, 0.5) is 4.79 Å². The second kappa shape index (κ2) is 53.7. The molecular formula is C84H140N8O41. The molecule has 0 aromatic carbocycles. The molecule has 12 bridgehead atoms. The van der Waals surface area contributed by atoms with Gasteiger partial charge in [-0.1, -0.05) is 57.7 Å². The van der Waals surface area contributed by atoms with Gasteiger partial charge in [-0.15, -0.1) is 11.7 Å². The first-order valence-electron chi connectivity index (χ1n) is 45.9. The van der Waals surface area contributed by atoms with E-state index in [1.807, 2.05) is 6.08 Å². The summed E-state index contributed by atoms with van der Waals surface area (Å²) >= 11 is 0. The fourth-order valence-electron chi connectivity index (χ4n) is 17.5. The van der Waals surface area contributed by atoms with E-state index >= 15 is 0 Å². The number of allylic oxidation sites excluding steroid dienone is 1. The minimum Gasteiger partial charge on any atom is -0.449 e. The molecule has 0 spiro atoms. The number of ketones is 1. The zero-order chi connectivity index (χ0) is 96.4. The summed E-state index contributed by atoms with van der Waals surface area (Å²) in [5, 5.41) is 217. The predicted molar refractivity (Wildman–Crippen MR) is 446 cm³/mol. The number of carbonyl (C=O) groups is 6. The van der Waals surface area contributed by atoms with Gasteiger partial charge in [-0.25, -0.2) is 9.48 Å². The van der Waals surface area contributed by atoms with Crippen LogP contribution in [0.2, 0.25) is 0 Å². The number of ether oxygens (including phenoxy) is 18. The van der Waals surface area contributed by atoms with Crippen LogP contribution in [0.1, 0.15) is 129 Å². The third-order valence-corrected chi connectivity index (χ3v) is 25.3. The van der Waals surface area contributed by atoms with E-state index in [-0.39, 0.29) is 96.3 Å². The Kier molecular flexibility index (Phi) is 44.1. The smallest absolute Gasteiger partial charge is 0.407 e. The van der Waals surface area contributed by atoms with Crippen molar-refractivity contribution in [1.82, 2.24) is 41.6 Å². The molecule has 25 rings (SSSR count). The minimum atomic E-state index is -2.27. The number of aliphatic hydroxyl groups excluding tert-OH is 17. The Labute approximate surface area is 768 Å². The predicted octanol–water partition coefficient (Wildman–Crippen LogP) is -8.76. The van der Waals surface area contributed by atoms with E-state index < -0.39 is 290 Å². The van der Waals surface area contributed by atoms with Crippen molar-refractivity contribution in [3.8, 4) is 0 Å². The molecule has 1 saturated carbocycles. The zero-order valence-corrected chi connectivity index (χ0v) is 75.4. The lowest BCUT2D eigenvalue weighted by Gasteiger charge is -2.50. The van der Waals surface area contributed by atoms with Gasteiger partial charge in [0, 0.05) is 19.5 Å². The number of alkyl carbamates (subject to hydrolysis) is 1. The molecule has 24 aliphatic rings. The molecule has 133 heavy (non-hydrogen) atoms. The van der Waals surface area contributed by atoms with Gasteiger partial charge in [-0.05, 0) is 88.9 Å². The lowest BCUT2D eigenvalue weighted by molar-refractivity contribution is -0.403. The Morgan fingerprint density at radius 1 is 0.481 bits per heavy atom. The highest BCUT2D eigenvalue weighted by molar-refractivity contribution is 5.94. The number of nitrogens with zero attached hydrogens (tertiary/aromatic N) is 3. The Morgan fingerprint density at radius 2 is 0.910 bits per heavy atom. The number of hydrogen-bond acceptors (Lipinski definition) is 43. The summed E-state index contributed by atoms with van der Waals surface area (Å²) in [5.41, 5.74) is 0.654. The van der Waals surface area contributed by atoms with E-state index in [0.29, 0.717) is 69.0 Å². The Hall–Kier alpha value is -5.66. The van der Waals surface area contributed by atoms with E-state index in [1.165, 1.54) is 18.5 Å². The highest BCUT2D eigenvalue weighted by atomic mass is 16.8. The number of aromatic nitrogens is 3. The minimum absolute atomic E-state index is 0.0374. The normalized spacial score (nSPS) is 37.3. The van der Waals surface area contributed by atoms with Gasteiger partial charge in [0.25, 0.3) is 0 Å². The lowest BCUT2D eigenvalue weighted by atomic mass is 9.94. The number of rotatable bonds is 44. The van der Waals surface area contributed by atoms with Gasteiger partial charge in [-0.2, -0.15) is 0 Å². The number of unbranched alkanes of at least 4 members (excludes halogenated alkanes) is 1. The van der Waals surface area contributed by atoms with Crippen LogP contribution < -0.4 is 26.6 Å². The van der Waals surface area contributed by atoms with Gasteiger partial charge in [0.15, 0.2) is 43.5 Å². The van der Waals surface area contributed by atoms with Gasteiger partial charge in [0.05, 0.1) is 111 Å². The van der Waals surface area contributed by atoms with Crippen molar-refractivity contribution in [2.75, 3.05) is 112 Å². The van der Waals surface area contributed by atoms with Gasteiger partial charge in [-0.3, -0.25) is 24.0 Å². The van der Waals surface area contributed by atoms with E-state index in [9.17, 15) is 116 Å². The summed E-state index contributed by atoms with van der Waals surface area (Å²) in [6, 6.07) is -3.12. The summed E-state index contributed by atoms with van der Waals surface area (Å²) in [6.45, 7) is 8.27. The van der Waals surface area contributed by atoms with Gasteiger partial charge in [0.2, 0.25) is 23.6 Å². The van der Waals surface area contributed by atoms with E-state index in [0.717, 1.165) is 25.7 Å². The van der Waals surface area contributed by atoms with E-state index in [4.69, 9.17) is 85.3 Å². The molecule has 1 aromatic rings. The Balaban J connectivity index is 0.757. The molecular weight excluding hydrogens is 1780 g/mol. The number of amides is 5. The molecule has 0 radical (unpaired) electrons. The number of carbonyl (C=O) groups excluding carboxylic acids is 6. The maximum absolute atomic E-state index is 14.1. The molecule has 23 heterocycles. The van der Waals surface area contributed by atoms with Crippen LogP contribution in [-0.4, -0.2) is 452 Å². The second-order valence-electron chi connectivity index (χ2n) is 35.1. The Morgan fingerprint density at radius 3 is 1.34 bits per heavy atom. The zero-order valence-electron chi connectivity index (χ0n) is 75.4. The standard InChI is InChI=1S/C84H140N8O41/c1-7-9-16-43-42(15-8-2)44(43)37-121-84(115)86-22-24-117-26-28-119-30-29-118-27-25-116-23-20-54(99)88-45(76(113)89-56(39(3)4)77(114)87-40(5)41(6)98)17-13-14-21-85-55(100)38-120-47-19-12-10-11-18-46-57(47)90-91-92(46)31-48-70-58(101)64(107)78(122-48)129-71-49(32-93)124-80(66(109)60(71)103)131-73-51(34-95)126-82(68(111)62(73)105)133-75-53(36-97)127-83(69(112)63(75)106)132-74-52(35-96)125-81(67(110)61(74)104)130-72-50(33-94)123-79(128-70)65(108)59(72)102/h7,39-40,42-45,47-53,56,58-75,78-83,93-97,101-112H,1,8-38H2,2-6H3,(H,85,100)(H,86,115)(H,87,114)(H,88,99)(H,89,113)/t40-,42?,43?,44?,45+,47?,48?,49?,50?,51?,52?,53?,56-,58?,59?,60?,61?,62?,63?,64?,65?,66?,67?,68?,69?,70?,71?,72?,73?,74?,75?,78?,79?,80?,81?,82?,83?/m0/s1. The Bertz CT molecular complexity index is 3690. The number of nitrogens with one attached hydrogen (secondary N) is 5. The van der Waals surface area contributed by atoms with Crippen LogP contribution >= 0.6 is 0 Å². The molecule has 49 nitrogen and oxygen atoms in total. The fourth-order valence-corrected chi connectivity index (χ4v) is 17.5. The lowest BCUT2D eigenvalue weighted by Crippen LogP contribution is -2.69. The van der Waals surface area contributed by atoms with Crippen molar-refractivity contribution < 1.29 is 201 Å². The van der Waals surface area contributed by atoms with Crippen LogP contribution in [0.5, 0.6) is 0 Å². The van der Waals surface area contributed by atoms with Crippen molar-refractivity contribution in [1.29, 1.82) is 0 Å². The van der Waals surface area contributed by atoms with Crippen LogP contribution in [0, 0.1) is 23.7 Å². The number of fused-ring (bicyclic) bond motifs is 1. The largest absolute Gasteiger partial charge is 0.449 e. The summed E-state index contributed by atoms with van der Waals surface area (Å²) in [6.07, 6.45) is -53.6.